The van der Waals surface area contributed by atoms with Gasteiger partial charge < -0.3 is 9.97 Å². The monoisotopic (exact) mass is 469 g/mol. The van der Waals surface area contributed by atoms with Gasteiger partial charge in [-0.15, -0.1) is 0 Å². The molecule has 0 saturated heterocycles. The summed E-state index contributed by atoms with van der Waals surface area (Å²) in [5, 5.41) is 0. The second kappa shape index (κ2) is 6.67. The Balaban J connectivity index is 0.00000168. The van der Waals surface area contributed by atoms with E-state index < -0.39 is 0 Å². The molecule has 0 aliphatic carbocycles. The fourth-order valence-corrected chi connectivity index (χ4v) is 2.87. The first-order chi connectivity index (χ1) is 12.2. The first-order valence-electron chi connectivity index (χ1n) is 8.26. The van der Waals surface area contributed by atoms with Gasteiger partial charge in [0, 0.05) is 62.0 Å². The standard InChI is InChI=1S/C20H14N4.Gd/c1-2-14-10-16-5-6-18(23-16)12-20-8-7-19(24-20)11-17-4-3-15(22-17)9-13(1)21-14;/h1-12,21-22H;/i1D;. The van der Waals surface area contributed by atoms with E-state index in [1.165, 1.54) is 0 Å². The minimum absolute atomic E-state index is 0. The summed E-state index contributed by atoms with van der Waals surface area (Å²) in [5.74, 6) is 0. The van der Waals surface area contributed by atoms with Crippen molar-refractivity contribution in [1.82, 2.24) is 19.9 Å². The van der Waals surface area contributed by atoms with Gasteiger partial charge in [-0.3, -0.25) is 0 Å². The smallest absolute Gasteiger partial charge is 0.0659 e. The fraction of sp³-hybridized carbons (Fsp3) is 0. The molecule has 25 heavy (non-hydrogen) atoms. The van der Waals surface area contributed by atoms with Crippen LogP contribution in [0.2, 0.25) is 0 Å². The predicted molar refractivity (Wildman–Crippen MR) is 98.9 cm³/mol. The summed E-state index contributed by atoms with van der Waals surface area (Å²) in [6, 6.07) is 14.1. The molecule has 0 saturated carbocycles. The van der Waals surface area contributed by atoms with Gasteiger partial charge in [0.1, 0.15) is 0 Å². The Morgan fingerprint density at radius 2 is 1.08 bits per heavy atom. The van der Waals surface area contributed by atoms with Gasteiger partial charge in [0.15, 0.2) is 0 Å². The van der Waals surface area contributed by atoms with E-state index in [9.17, 15) is 0 Å². The Morgan fingerprint density at radius 1 is 0.600 bits per heavy atom. The second-order valence-electron chi connectivity index (χ2n) is 5.82. The molecule has 5 heteroatoms. The number of aromatic nitrogens is 4. The molecular formula is C20H14GdN4. The van der Waals surface area contributed by atoms with Crippen LogP contribution in [0.25, 0.3) is 46.4 Å². The molecule has 5 heterocycles. The van der Waals surface area contributed by atoms with Gasteiger partial charge in [0.2, 0.25) is 0 Å². The molecule has 0 spiro atoms. The molecule has 3 aromatic rings. The molecule has 0 atom stereocenters. The maximum atomic E-state index is 8.15. The summed E-state index contributed by atoms with van der Waals surface area (Å²) >= 11 is 0. The van der Waals surface area contributed by atoms with Crippen LogP contribution in [0.15, 0.2) is 48.5 Å². The molecule has 122 valence electrons. The predicted octanol–water partition coefficient (Wildman–Crippen LogP) is 4.66. The summed E-state index contributed by atoms with van der Waals surface area (Å²) in [6.07, 6.45) is 7.91. The zero-order valence-electron chi connectivity index (χ0n) is 14.1. The second-order valence-corrected chi connectivity index (χ2v) is 5.82. The third-order valence-electron chi connectivity index (χ3n) is 3.96. The van der Waals surface area contributed by atoms with Crippen LogP contribution in [0.4, 0.5) is 0 Å². The maximum Gasteiger partial charge on any atom is 0.0659 e. The number of H-pyrrole nitrogens is 2. The Labute approximate surface area is 177 Å². The molecule has 8 bridgehead atoms. The van der Waals surface area contributed by atoms with Crippen LogP contribution in [0, 0.1) is 39.9 Å². The summed E-state index contributed by atoms with van der Waals surface area (Å²) in [5.41, 5.74) is 7.04. The quantitative estimate of drug-likeness (QED) is 0.347. The Kier molecular flexibility index (Phi) is 4.06. The number of fused-ring (bicyclic) bond motifs is 8. The zero-order chi connectivity index (χ0) is 16.8. The third kappa shape index (κ3) is 3.49. The van der Waals surface area contributed by atoms with Crippen LogP contribution in [0.1, 0.15) is 24.1 Å². The van der Waals surface area contributed by atoms with Crippen LogP contribution in [-0.2, 0) is 0 Å². The molecule has 2 N–H and O–H groups in total. The van der Waals surface area contributed by atoms with Crippen molar-refractivity contribution in [2.45, 2.75) is 0 Å². The molecule has 0 fully saturated rings. The zero-order valence-corrected chi connectivity index (χ0v) is 15.4. The molecular weight excluding hydrogens is 453 g/mol. The molecule has 2 aliphatic heterocycles. The maximum absolute atomic E-state index is 8.15. The Hall–Kier alpha value is -2.08. The van der Waals surface area contributed by atoms with Gasteiger partial charge in [-0.2, -0.15) is 0 Å². The average molecular weight is 469 g/mol. The minimum atomic E-state index is 0. The molecule has 3 aromatic heterocycles. The third-order valence-corrected chi connectivity index (χ3v) is 3.96. The number of hydrogen-bond donors (Lipinski definition) is 2. The number of nitrogens with one attached hydrogen (secondary N) is 2. The van der Waals surface area contributed by atoms with Crippen molar-refractivity contribution >= 4 is 46.4 Å². The number of aromatic amines is 2. The number of rotatable bonds is 0. The first-order valence-corrected chi connectivity index (χ1v) is 7.76. The largest absolute Gasteiger partial charge is 0.355 e. The number of nitrogens with zero attached hydrogens (tertiary/aromatic N) is 2. The fourth-order valence-electron chi connectivity index (χ4n) is 2.87. The van der Waals surface area contributed by atoms with Crippen molar-refractivity contribution < 1.29 is 41.3 Å². The van der Waals surface area contributed by atoms with Crippen LogP contribution in [0.5, 0.6) is 0 Å². The summed E-state index contributed by atoms with van der Waals surface area (Å²) in [6.45, 7) is 0. The van der Waals surface area contributed by atoms with Crippen LogP contribution in [-0.4, -0.2) is 19.9 Å². The molecule has 0 aromatic carbocycles. The molecule has 0 radical (unpaired) electrons. The summed E-state index contributed by atoms with van der Waals surface area (Å²) < 4.78 is 8.15. The van der Waals surface area contributed by atoms with Crippen molar-refractivity contribution in [2.24, 2.45) is 0 Å². The van der Waals surface area contributed by atoms with Crippen LogP contribution < -0.4 is 0 Å². The van der Waals surface area contributed by atoms with Gasteiger partial charge in [-0.25, -0.2) is 9.97 Å². The van der Waals surface area contributed by atoms with E-state index >= 15 is 0 Å². The van der Waals surface area contributed by atoms with Crippen molar-refractivity contribution in [3.05, 3.63) is 71.3 Å². The molecule has 5 rings (SSSR count). The SMILES string of the molecule is [2H]c1cc2cc3nc(cc4nc(cc5ccc(cc1[nH]2)[nH]5)C=C4)C=C3.[Gd]. The Morgan fingerprint density at radius 3 is 1.72 bits per heavy atom. The Bertz CT molecular complexity index is 1220. The van der Waals surface area contributed by atoms with E-state index in [1.807, 2.05) is 66.8 Å². The van der Waals surface area contributed by atoms with Crippen molar-refractivity contribution in [2.75, 3.05) is 0 Å². The molecule has 2 aliphatic rings. The molecule has 0 amide bonds. The van der Waals surface area contributed by atoms with Crippen molar-refractivity contribution in [1.29, 1.82) is 0 Å². The van der Waals surface area contributed by atoms with Gasteiger partial charge in [-0.1, -0.05) is 0 Å². The molecule has 4 nitrogen and oxygen atoms in total. The number of hydrogen-bond acceptors (Lipinski definition) is 2. The van der Waals surface area contributed by atoms with Gasteiger partial charge >= 0.3 is 0 Å². The van der Waals surface area contributed by atoms with Crippen LogP contribution >= 0.6 is 0 Å². The van der Waals surface area contributed by atoms with Crippen molar-refractivity contribution in [3.63, 3.8) is 0 Å². The van der Waals surface area contributed by atoms with E-state index in [1.54, 1.807) is 0 Å². The van der Waals surface area contributed by atoms with E-state index in [4.69, 9.17) is 1.37 Å². The van der Waals surface area contributed by atoms with E-state index in [0.29, 0.717) is 6.04 Å². The van der Waals surface area contributed by atoms with Crippen LogP contribution in [0.3, 0.4) is 0 Å². The van der Waals surface area contributed by atoms with Gasteiger partial charge in [0.05, 0.1) is 24.1 Å². The minimum Gasteiger partial charge on any atom is -0.355 e. The molecule has 0 unspecified atom stereocenters. The topological polar surface area (TPSA) is 57.4 Å². The van der Waals surface area contributed by atoms with E-state index in [2.05, 4.69) is 19.9 Å². The van der Waals surface area contributed by atoms with E-state index in [0.717, 1.165) is 44.8 Å². The average Bonchev–Trinajstić information content (AvgIpc) is 3.33. The summed E-state index contributed by atoms with van der Waals surface area (Å²) in [7, 11) is 0. The summed E-state index contributed by atoms with van der Waals surface area (Å²) in [4.78, 5) is 15.8. The van der Waals surface area contributed by atoms with E-state index in [-0.39, 0.29) is 39.9 Å². The first kappa shape index (κ1) is 15.2. The van der Waals surface area contributed by atoms with Gasteiger partial charge in [-0.05, 0) is 72.8 Å². The van der Waals surface area contributed by atoms with Gasteiger partial charge in [0.25, 0.3) is 0 Å². The van der Waals surface area contributed by atoms with Crippen molar-refractivity contribution in [3.8, 4) is 0 Å². The normalized spacial score (nSPS) is 12.7.